The quantitative estimate of drug-likeness (QED) is 0.844. The number of piperidine rings is 1. The molecule has 0 aromatic heterocycles. The maximum absolute atomic E-state index is 12.8. The highest BCUT2D eigenvalue weighted by atomic mass is 35.5. The SMILES string of the molecule is COc1c(C)cc(C)cc1S(=O)(=O)NC(C)C1CCCNC1.Cl. The number of rotatable bonds is 5. The number of halogens is 1. The number of sulfonamides is 1. The van der Waals surface area contributed by atoms with Gasteiger partial charge in [-0.2, -0.15) is 0 Å². The smallest absolute Gasteiger partial charge is 0.244 e. The number of nitrogens with one attached hydrogen (secondary N) is 2. The number of aryl methyl sites for hydroxylation is 2. The Morgan fingerprint density at radius 1 is 1.35 bits per heavy atom. The number of benzene rings is 1. The summed E-state index contributed by atoms with van der Waals surface area (Å²) in [6, 6.07) is 3.48. The Morgan fingerprint density at radius 2 is 2.04 bits per heavy atom. The monoisotopic (exact) mass is 362 g/mol. The first-order valence-electron chi connectivity index (χ1n) is 7.73. The van der Waals surface area contributed by atoms with Gasteiger partial charge in [-0.25, -0.2) is 13.1 Å². The van der Waals surface area contributed by atoms with Gasteiger partial charge in [0.15, 0.2) is 0 Å². The van der Waals surface area contributed by atoms with Crippen LogP contribution in [0.5, 0.6) is 5.75 Å². The van der Waals surface area contributed by atoms with Crippen LogP contribution in [0.15, 0.2) is 17.0 Å². The first-order valence-corrected chi connectivity index (χ1v) is 9.21. The van der Waals surface area contributed by atoms with Crippen molar-refractivity contribution in [2.45, 2.75) is 44.6 Å². The van der Waals surface area contributed by atoms with E-state index in [0.717, 1.165) is 37.1 Å². The molecule has 1 aliphatic rings. The molecule has 2 unspecified atom stereocenters. The largest absolute Gasteiger partial charge is 0.495 e. The average molecular weight is 363 g/mol. The highest BCUT2D eigenvalue weighted by molar-refractivity contribution is 7.89. The van der Waals surface area contributed by atoms with E-state index in [1.165, 1.54) is 7.11 Å². The van der Waals surface area contributed by atoms with Crippen LogP contribution in [0.3, 0.4) is 0 Å². The van der Waals surface area contributed by atoms with E-state index >= 15 is 0 Å². The standard InChI is InChI=1S/C16H26N2O3S.ClH/c1-11-8-12(2)16(21-4)15(9-11)22(19,20)18-13(3)14-6-5-7-17-10-14;/h8-9,13-14,17-18H,5-7,10H2,1-4H3;1H. The van der Waals surface area contributed by atoms with Crippen LogP contribution in [-0.2, 0) is 10.0 Å². The van der Waals surface area contributed by atoms with Crippen molar-refractivity contribution in [2.24, 2.45) is 5.92 Å². The van der Waals surface area contributed by atoms with Crippen molar-refractivity contribution in [2.75, 3.05) is 20.2 Å². The van der Waals surface area contributed by atoms with Crippen LogP contribution in [0.2, 0.25) is 0 Å². The third-order valence-corrected chi connectivity index (χ3v) is 5.83. The Hall–Kier alpha value is -0.820. The molecule has 0 spiro atoms. The van der Waals surface area contributed by atoms with Gasteiger partial charge in [-0.3, -0.25) is 0 Å². The van der Waals surface area contributed by atoms with Crippen molar-refractivity contribution in [1.29, 1.82) is 0 Å². The van der Waals surface area contributed by atoms with Crippen molar-refractivity contribution in [1.82, 2.24) is 10.0 Å². The molecule has 2 rings (SSSR count). The van der Waals surface area contributed by atoms with E-state index in [9.17, 15) is 8.42 Å². The molecule has 1 saturated heterocycles. The maximum atomic E-state index is 12.8. The van der Waals surface area contributed by atoms with Crippen molar-refractivity contribution >= 4 is 22.4 Å². The molecule has 0 radical (unpaired) electrons. The first-order chi connectivity index (χ1) is 10.3. The lowest BCUT2D eigenvalue weighted by Gasteiger charge is -2.29. The highest BCUT2D eigenvalue weighted by Crippen LogP contribution is 2.29. The van der Waals surface area contributed by atoms with Gasteiger partial charge in [0.1, 0.15) is 10.6 Å². The van der Waals surface area contributed by atoms with Crippen LogP contribution in [0, 0.1) is 19.8 Å². The van der Waals surface area contributed by atoms with E-state index < -0.39 is 10.0 Å². The molecule has 0 bridgehead atoms. The van der Waals surface area contributed by atoms with Gasteiger partial charge in [-0.1, -0.05) is 6.07 Å². The molecule has 1 heterocycles. The van der Waals surface area contributed by atoms with Crippen molar-refractivity contribution in [3.05, 3.63) is 23.3 Å². The van der Waals surface area contributed by atoms with E-state index in [4.69, 9.17) is 4.74 Å². The summed E-state index contributed by atoms with van der Waals surface area (Å²) in [4.78, 5) is 0.225. The van der Waals surface area contributed by atoms with Crippen molar-refractivity contribution in [3.8, 4) is 5.75 Å². The minimum absolute atomic E-state index is 0. The molecule has 7 heteroatoms. The Labute approximate surface area is 145 Å². The molecule has 1 aromatic rings. The molecule has 2 atom stereocenters. The number of ether oxygens (including phenoxy) is 1. The van der Waals surface area contributed by atoms with Gasteiger partial charge in [0.25, 0.3) is 0 Å². The molecule has 23 heavy (non-hydrogen) atoms. The van der Waals surface area contributed by atoms with Gasteiger partial charge in [0.2, 0.25) is 10.0 Å². The first kappa shape index (κ1) is 20.2. The summed E-state index contributed by atoms with van der Waals surface area (Å²) in [5.74, 6) is 0.743. The average Bonchev–Trinajstić information content (AvgIpc) is 2.47. The zero-order valence-corrected chi connectivity index (χ0v) is 15.8. The number of methoxy groups -OCH3 is 1. The molecular weight excluding hydrogens is 336 g/mol. The second-order valence-corrected chi connectivity index (χ2v) is 7.81. The Kier molecular flexibility index (Phi) is 7.32. The molecule has 0 aliphatic carbocycles. The summed E-state index contributed by atoms with van der Waals surface area (Å²) in [6.45, 7) is 7.55. The Bertz CT molecular complexity index is 628. The predicted molar refractivity (Wildman–Crippen MR) is 95.1 cm³/mol. The third kappa shape index (κ3) is 4.83. The fourth-order valence-corrected chi connectivity index (χ4v) is 4.72. The second kappa shape index (κ2) is 8.33. The molecular formula is C16H27ClN2O3S. The third-order valence-electron chi connectivity index (χ3n) is 4.26. The molecule has 2 N–H and O–H groups in total. The maximum Gasteiger partial charge on any atom is 0.244 e. The highest BCUT2D eigenvalue weighted by Gasteiger charge is 2.27. The van der Waals surface area contributed by atoms with E-state index in [1.54, 1.807) is 6.07 Å². The second-order valence-electron chi connectivity index (χ2n) is 6.13. The summed E-state index contributed by atoms with van der Waals surface area (Å²) >= 11 is 0. The fraction of sp³-hybridized carbons (Fsp3) is 0.625. The van der Waals surface area contributed by atoms with Crippen LogP contribution in [0.1, 0.15) is 30.9 Å². The van der Waals surface area contributed by atoms with Crippen LogP contribution < -0.4 is 14.8 Å². The van der Waals surface area contributed by atoms with E-state index in [-0.39, 0.29) is 23.3 Å². The van der Waals surface area contributed by atoms with E-state index in [2.05, 4.69) is 10.0 Å². The number of hydrogen-bond donors (Lipinski definition) is 2. The van der Waals surface area contributed by atoms with Gasteiger partial charge in [0.05, 0.1) is 7.11 Å². The van der Waals surface area contributed by atoms with Crippen LogP contribution in [0.4, 0.5) is 0 Å². The fourth-order valence-electron chi connectivity index (χ4n) is 3.09. The lowest BCUT2D eigenvalue weighted by atomic mass is 9.94. The molecule has 1 aliphatic heterocycles. The topological polar surface area (TPSA) is 67.4 Å². The van der Waals surface area contributed by atoms with Crippen molar-refractivity contribution in [3.63, 3.8) is 0 Å². The molecule has 5 nitrogen and oxygen atoms in total. The van der Waals surface area contributed by atoms with Gasteiger partial charge < -0.3 is 10.1 Å². The molecule has 1 fully saturated rings. The lowest BCUT2D eigenvalue weighted by molar-refractivity contribution is 0.320. The number of hydrogen-bond acceptors (Lipinski definition) is 4. The molecule has 0 saturated carbocycles. The van der Waals surface area contributed by atoms with Crippen LogP contribution in [0.25, 0.3) is 0 Å². The lowest BCUT2D eigenvalue weighted by Crippen LogP contribution is -2.44. The normalized spacial score (nSPS) is 19.7. The van der Waals surface area contributed by atoms with Crippen LogP contribution >= 0.6 is 12.4 Å². The molecule has 1 aromatic carbocycles. The zero-order chi connectivity index (χ0) is 16.3. The van der Waals surface area contributed by atoms with Crippen molar-refractivity contribution < 1.29 is 13.2 Å². The predicted octanol–water partition coefficient (Wildman–Crippen LogP) is 2.40. The summed E-state index contributed by atoms with van der Waals surface area (Å²) in [7, 11) is -2.09. The zero-order valence-electron chi connectivity index (χ0n) is 14.2. The summed E-state index contributed by atoms with van der Waals surface area (Å²) in [5.41, 5.74) is 1.74. The summed E-state index contributed by atoms with van der Waals surface area (Å²) < 4.78 is 33.7. The Balaban J connectivity index is 0.00000264. The Morgan fingerprint density at radius 3 is 2.61 bits per heavy atom. The van der Waals surface area contributed by atoms with Gasteiger partial charge in [-0.15, -0.1) is 12.4 Å². The molecule has 0 amide bonds. The van der Waals surface area contributed by atoms with Gasteiger partial charge in [-0.05, 0) is 69.8 Å². The minimum atomic E-state index is -3.60. The minimum Gasteiger partial charge on any atom is -0.495 e. The summed E-state index contributed by atoms with van der Waals surface area (Å²) in [5, 5.41) is 3.32. The summed E-state index contributed by atoms with van der Waals surface area (Å²) in [6.07, 6.45) is 2.13. The van der Waals surface area contributed by atoms with Crippen LogP contribution in [-0.4, -0.2) is 34.7 Å². The van der Waals surface area contributed by atoms with Gasteiger partial charge >= 0.3 is 0 Å². The van der Waals surface area contributed by atoms with E-state index in [0.29, 0.717) is 11.7 Å². The molecule has 132 valence electrons. The van der Waals surface area contributed by atoms with Gasteiger partial charge in [0, 0.05) is 6.04 Å². The van der Waals surface area contributed by atoms with E-state index in [1.807, 2.05) is 26.8 Å².